The summed E-state index contributed by atoms with van der Waals surface area (Å²) in [6, 6.07) is 15.4. The van der Waals surface area contributed by atoms with E-state index in [-0.39, 0.29) is 11.8 Å². The van der Waals surface area contributed by atoms with Gasteiger partial charge in [0.25, 0.3) is 0 Å². The minimum atomic E-state index is -0.616. The van der Waals surface area contributed by atoms with E-state index in [2.05, 4.69) is 5.32 Å². The SMILES string of the molecule is Cc1cccc(C)c1NC(=O)C1CCN(c2ccccc2)C1=O. The third-order valence-electron chi connectivity index (χ3n) is 4.32. The number of para-hydroxylation sites is 2. The van der Waals surface area contributed by atoms with Gasteiger partial charge in [0, 0.05) is 17.9 Å². The summed E-state index contributed by atoms with van der Waals surface area (Å²) in [6.45, 7) is 4.48. The summed E-state index contributed by atoms with van der Waals surface area (Å²) in [5.74, 6) is -0.958. The molecule has 1 atom stereocenters. The monoisotopic (exact) mass is 308 g/mol. The van der Waals surface area contributed by atoms with E-state index in [1.807, 2.05) is 62.4 Å². The molecule has 0 spiro atoms. The van der Waals surface area contributed by atoms with Crippen molar-refractivity contribution in [2.45, 2.75) is 20.3 Å². The zero-order valence-corrected chi connectivity index (χ0v) is 13.4. The molecule has 1 saturated heterocycles. The van der Waals surface area contributed by atoms with E-state index >= 15 is 0 Å². The van der Waals surface area contributed by atoms with E-state index in [1.54, 1.807) is 4.90 Å². The number of benzene rings is 2. The Bertz CT molecular complexity index is 720. The van der Waals surface area contributed by atoms with Gasteiger partial charge >= 0.3 is 0 Å². The summed E-state index contributed by atoms with van der Waals surface area (Å²) in [5.41, 5.74) is 3.66. The Balaban J connectivity index is 1.76. The molecule has 2 aromatic rings. The van der Waals surface area contributed by atoms with Crippen molar-refractivity contribution in [3.63, 3.8) is 0 Å². The number of hydrogen-bond acceptors (Lipinski definition) is 2. The second-order valence-corrected chi connectivity index (χ2v) is 5.92. The van der Waals surface area contributed by atoms with Crippen LogP contribution in [0.25, 0.3) is 0 Å². The molecule has 4 nitrogen and oxygen atoms in total. The fourth-order valence-electron chi connectivity index (χ4n) is 3.01. The van der Waals surface area contributed by atoms with Gasteiger partial charge in [-0.25, -0.2) is 0 Å². The normalized spacial score (nSPS) is 17.4. The minimum Gasteiger partial charge on any atom is -0.325 e. The second-order valence-electron chi connectivity index (χ2n) is 5.92. The van der Waals surface area contributed by atoms with Crippen molar-refractivity contribution in [3.8, 4) is 0 Å². The predicted molar refractivity (Wildman–Crippen MR) is 91.4 cm³/mol. The van der Waals surface area contributed by atoms with E-state index in [1.165, 1.54) is 0 Å². The van der Waals surface area contributed by atoms with Crippen molar-refractivity contribution in [2.75, 3.05) is 16.8 Å². The van der Waals surface area contributed by atoms with Crippen molar-refractivity contribution >= 4 is 23.2 Å². The lowest BCUT2D eigenvalue weighted by Crippen LogP contribution is -2.33. The Kier molecular flexibility index (Phi) is 4.15. The molecular weight excluding hydrogens is 288 g/mol. The molecule has 1 fully saturated rings. The van der Waals surface area contributed by atoms with E-state index < -0.39 is 5.92 Å². The molecule has 4 heteroatoms. The third-order valence-corrected chi connectivity index (χ3v) is 4.32. The number of carbonyl (C=O) groups excluding carboxylic acids is 2. The van der Waals surface area contributed by atoms with Gasteiger partial charge in [-0.1, -0.05) is 36.4 Å². The highest BCUT2D eigenvalue weighted by molar-refractivity contribution is 6.13. The van der Waals surface area contributed by atoms with Crippen LogP contribution in [-0.2, 0) is 9.59 Å². The van der Waals surface area contributed by atoms with E-state index in [9.17, 15) is 9.59 Å². The molecule has 0 radical (unpaired) electrons. The van der Waals surface area contributed by atoms with Crippen LogP contribution in [-0.4, -0.2) is 18.4 Å². The number of nitrogens with zero attached hydrogens (tertiary/aromatic N) is 1. The first-order valence-electron chi connectivity index (χ1n) is 7.81. The first-order valence-corrected chi connectivity index (χ1v) is 7.81. The summed E-state index contributed by atoms with van der Waals surface area (Å²) in [4.78, 5) is 26.8. The second kappa shape index (κ2) is 6.24. The fourth-order valence-corrected chi connectivity index (χ4v) is 3.01. The smallest absolute Gasteiger partial charge is 0.239 e. The van der Waals surface area contributed by atoms with E-state index in [0.29, 0.717) is 13.0 Å². The van der Waals surface area contributed by atoms with Crippen molar-refractivity contribution in [3.05, 3.63) is 59.7 Å². The van der Waals surface area contributed by atoms with Gasteiger partial charge in [0.05, 0.1) is 0 Å². The van der Waals surface area contributed by atoms with Crippen molar-refractivity contribution in [1.29, 1.82) is 0 Å². The maximum absolute atomic E-state index is 12.6. The van der Waals surface area contributed by atoms with Gasteiger partial charge in [-0.3, -0.25) is 9.59 Å². The molecule has 1 aliphatic rings. The molecule has 1 heterocycles. The van der Waals surface area contributed by atoms with Crippen LogP contribution in [0.3, 0.4) is 0 Å². The van der Waals surface area contributed by atoms with Gasteiger partial charge in [0.2, 0.25) is 11.8 Å². The van der Waals surface area contributed by atoms with Gasteiger partial charge < -0.3 is 10.2 Å². The molecule has 0 aliphatic carbocycles. The molecule has 1 N–H and O–H groups in total. The Hall–Kier alpha value is -2.62. The quantitative estimate of drug-likeness (QED) is 0.885. The highest BCUT2D eigenvalue weighted by atomic mass is 16.2. The van der Waals surface area contributed by atoms with E-state index in [4.69, 9.17) is 0 Å². The Morgan fingerprint density at radius 3 is 2.35 bits per heavy atom. The molecule has 2 amide bonds. The minimum absolute atomic E-state index is 0.125. The number of rotatable bonds is 3. The zero-order chi connectivity index (χ0) is 16.4. The van der Waals surface area contributed by atoms with E-state index in [0.717, 1.165) is 22.5 Å². The van der Waals surface area contributed by atoms with Gasteiger partial charge in [-0.15, -0.1) is 0 Å². The fraction of sp³-hybridized carbons (Fsp3) is 0.263. The number of aryl methyl sites for hydroxylation is 2. The topological polar surface area (TPSA) is 49.4 Å². The Labute approximate surface area is 136 Å². The van der Waals surface area contributed by atoms with Crippen LogP contribution in [0.5, 0.6) is 0 Å². The number of hydrogen-bond donors (Lipinski definition) is 1. The highest BCUT2D eigenvalue weighted by Gasteiger charge is 2.37. The number of amides is 2. The molecule has 3 rings (SSSR count). The van der Waals surface area contributed by atoms with Crippen molar-refractivity contribution in [2.24, 2.45) is 5.92 Å². The molecule has 23 heavy (non-hydrogen) atoms. The summed E-state index contributed by atoms with van der Waals surface area (Å²) < 4.78 is 0. The summed E-state index contributed by atoms with van der Waals surface area (Å²) in [5, 5.41) is 2.94. The van der Waals surface area contributed by atoms with Crippen LogP contribution >= 0.6 is 0 Å². The standard InChI is InChI=1S/C19H20N2O2/c1-13-7-6-8-14(2)17(13)20-18(22)16-11-12-21(19(16)23)15-9-4-3-5-10-15/h3-10,16H,11-12H2,1-2H3,(H,20,22). The molecule has 0 aromatic heterocycles. The summed E-state index contributed by atoms with van der Waals surface area (Å²) >= 11 is 0. The molecule has 0 bridgehead atoms. The lowest BCUT2D eigenvalue weighted by atomic mass is 10.1. The maximum atomic E-state index is 12.6. The summed E-state index contributed by atoms with van der Waals surface area (Å²) in [6.07, 6.45) is 0.546. The van der Waals surface area contributed by atoms with Crippen LogP contribution < -0.4 is 10.2 Å². The van der Waals surface area contributed by atoms with Crippen molar-refractivity contribution in [1.82, 2.24) is 0 Å². The first kappa shape index (κ1) is 15.3. The highest BCUT2D eigenvalue weighted by Crippen LogP contribution is 2.27. The predicted octanol–water partition coefficient (Wildman–Crippen LogP) is 3.30. The molecular formula is C19H20N2O2. The van der Waals surface area contributed by atoms with Gasteiger partial charge in [-0.05, 0) is 43.5 Å². The maximum Gasteiger partial charge on any atom is 0.239 e. The number of carbonyl (C=O) groups is 2. The lowest BCUT2D eigenvalue weighted by Gasteiger charge is -2.17. The molecule has 0 saturated carbocycles. The van der Waals surface area contributed by atoms with Gasteiger partial charge in [-0.2, -0.15) is 0 Å². The van der Waals surface area contributed by atoms with Gasteiger partial charge in [0.15, 0.2) is 0 Å². The number of nitrogens with one attached hydrogen (secondary N) is 1. The number of anilines is 2. The Morgan fingerprint density at radius 2 is 1.70 bits per heavy atom. The largest absolute Gasteiger partial charge is 0.325 e. The summed E-state index contributed by atoms with van der Waals surface area (Å²) in [7, 11) is 0. The average Bonchev–Trinajstić information content (AvgIpc) is 2.93. The lowest BCUT2D eigenvalue weighted by molar-refractivity contribution is -0.129. The van der Waals surface area contributed by atoms with Crippen LogP contribution in [0, 0.1) is 19.8 Å². The Morgan fingerprint density at radius 1 is 1.04 bits per heavy atom. The molecule has 118 valence electrons. The van der Waals surface area contributed by atoms with Crippen LogP contribution in [0.2, 0.25) is 0 Å². The zero-order valence-electron chi connectivity index (χ0n) is 13.4. The molecule has 1 aliphatic heterocycles. The first-order chi connectivity index (χ1) is 11.1. The van der Waals surface area contributed by atoms with Crippen LogP contribution in [0.15, 0.2) is 48.5 Å². The average molecular weight is 308 g/mol. The van der Waals surface area contributed by atoms with Crippen LogP contribution in [0.1, 0.15) is 17.5 Å². The third kappa shape index (κ3) is 2.97. The molecule has 1 unspecified atom stereocenters. The van der Waals surface area contributed by atoms with Crippen molar-refractivity contribution < 1.29 is 9.59 Å². The van der Waals surface area contributed by atoms with Crippen LogP contribution in [0.4, 0.5) is 11.4 Å². The molecule has 2 aromatic carbocycles. The van der Waals surface area contributed by atoms with Gasteiger partial charge in [0.1, 0.15) is 5.92 Å².